The van der Waals surface area contributed by atoms with Crippen LogP contribution < -0.4 is 20.1 Å². The number of benzene rings is 1. The highest BCUT2D eigenvalue weighted by Gasteiger charge is 2.19. The average molecular weight is 263 g/mol. The minimum Gasteiger partial charge on any atom is -0.454 e. The maximum atomic E-state index is 5.55. The van der Waals surface area contributed by atoms with Gasteiger partial charge < -0.3 is 20.1 Å². The highest BCUT2D eigenvalue weighted by Crippen LogP contribution is 2.35. The van der Waals surface area contributed by atoms with Gasteiger partial charge >= 0.3 is 0 Å². The lowest BCUT2D eigenvalue weighted by atomic mass is 10.2. The minimum atomic E-state index is 0.339. The van der Waals surface area contributed by atoms with Crippen LogP contribution in [0, 0.1) is 0 Å². The second kappa shape index (κ2) is 5.67. The van der Waals surface area contributed by atoms with Crippen LogP contribution in [0.25, 0.3) is 0 Å². The van der Waals surface area contributed by atoms with Crippen molar-refractivity contribution >= 4 is 5.69 Å². The van der Waals surface area contributed by atoms with Gasteiger partial charge in [0.2, 0.25) is 6.79 Å². The van der Waals surface area contributed by atoms with Crippen molar-refractivity contribution in [2.24, 2.45) is 5.73 Å². The van der Waals surface area contributed by atoms with Crippen LogP contribution in [0.15, 0.2) is 18.2 Å². The summed E-state index contributed by atoms with van der Waals surface area (Å²) in [5.41, 5.74) is 6.78. The van der Waals surface area contributed by atoms with E-state index in [0.29, 0.717) is 6.79 Å². The van der Waals surface area contributed by atoms with Crippen LogP contribution in [-0.4, -0.2) is 51.0 Å². The van der Waals surface area contributed by atoms with Gasteiger partial charge in [0.25, 0.3) is 0 Å². The van der Waals surface area contributed by atoms with Gasteiger partial charge in [-0.1, -0.05) is 0 Å². The van der Waals surface area contributed by atoms with Crippen LogP contribution in [-0.2, 0) is 0 Å². The molecular weight excluding hydrogens is 242 g/mol. The molecule has 2 heterocycles. The van der Waals surface area contributed by atoms with Crippen LogP contribution >= 0.6 is 0 Å². The molecule has 2 aliphatic rings. The number of nitrogens with two attached hydrogens (primary N) is 1. The van der Waals surface area contributed by atoms with Gasteiger partial charge in [0.15, 0.2) is 11.5 Å². The van der Waals surface area contributed by atoms with Gasteiger partial charge in [-0.3, -0.25) is 4.90 Å². The molecule has 0 aromatic heterocycles. The number of piperazine rings is 1. The van der Waals surface area contributed by atoms with Gasteiger partial charge in [0.05, 0.1) is 0 Å². The maximum absolute atomic E-state index is 5.55. The molecule has 0 aliphatic carbocycles. The Bertz CT molecular complexity index is 431. The Hall–Kier alpha value is -1.46. The highest BCUT2D eigenvalue weighted by atomic mass is 16.7. The minimum absolute atomic E-state index is 0.339. The van der Waals surface area contributed by atoms with Gasteiger partial charge in [-0.05, 0) is 31.6 Å². The van der Waals surface area contributed by atoms with Crippen molar-refractivity contribution in [3.63, 3.8) is 0 Å². The molecule has 2 aliphatic heterocycles. The molecule has 5 heteroatoms. The van der Waals surface area contributed by atoms with Crippen molar-refractivity contribution in [2.45, 2.75) is 6.42 Å². The first-order valence-electron chi connectivity index (χ1n) is 6.94. The van der Waals surface area contributed by atoms with Gasteiger partial charge in [0.1, 0.15) is 0 Å². The van der Waals surface area contributed by atoms with Gasteiger partial charge in [-0.15, -0.1) is 0 Å². The van der Waals surface area contributed by atoms with Crippen molar-refractivity contribution < 1.29 is 9.47 Å². The molecule has 0 unspecified atom stereocenters. The van der Waals surface area contributed by atoms with Gasteiger partial charge in [-0.2, -0.15) is 0 Å². The number of hydrogen-bond acceptors (Lipinski definition) is 5. The summed E-state index contributed by atoms with van der Waals surface area (Å²) in [6.07, 6.45) is 1.09. The molecule has 0 radical (unpaired) electrons. The summed E-state index contributed by atoms with van der Waals surface area (Å²) in [6.45, 7) is 6.57. The first-order valence-corrected chi connectivity index (χ1v) is 6.94. The van der Waals surface area contributed by atoms with Crippen molar-refractivity contribution in [2.75, 3.05) is 51.0 Å². The molecule has 2 N–H and O–H groups in total. The summed E-state index contributed by atoms with van der Waals surface area (Å²) in [7, 11) is 0. The van der Waals surface area contributed by atoms with E-state index in [-0.39, 0.29) is 0 Å². The lowest BCUT2D eigenvalue weighted by Crippen LogP contribution is -2.46. The molecule has 1 aromatic rings. The van der Waals surface area contributed by atoms with E-state index in [4.69, 9.17) is 15.2 Å². The van der Waals surface area contributed by atoms with E-state index >= 15 is 0 Å². The van der Waals surface area contributed by atoms with E-state index in [2.05, 4.69) is 21.9 Å². The molecule has 5 nitrogen and oxygen atoms in total. The van der Waals surface area contributed by atoms with Crippen molar-refractivity contribution in [1.29, 1.82) is 0 Å². The smallest absolute Gasteiger partial charge is 0.231 e. The first kappa shape index (κ1) is 12.6. The van der Waals surface area contributed by atoms with Crippen molar-refractivity contribution in [1.82, 2.24) is 4.90 Å². The second-order valence-corrected chi connectivity index (χ2v) is 5.01. The maximum Gasteiger partial charge on any atom is 0.231 e. The Balaban J connectivity index is 1.59. The lowest BCUT2D eigenvalue weighted by molar-refractivity contribution is 0.174. The zero-order valence-corrected chi connectivity index (χ0v) is 11.2. The van der Waals surface area contributed by atoms with Gasteiger partial charge in [-0.25, -0.2) is 0 Å². The SMILES string of the molecule is NCCCN1CCN(c2ccc3c(c2)OCO3)CC1. The molecular formula is C14H21N3O2. The summed E-state index contributed by atoms with van der Waals surface area (Å²) in [6, 6.07) is 6.19. The third-order valence-corrected chi connectivity index (χ3v) is 3.77. The number of ether oxygens (including phenoxy) is 2. The van der Waals surface area contributed by atoms with Crippen molar-refractivity contribution in [3.8, 4) is 11.5 Å². The molecule has 3 rings (SSSR count). The van der Waals surface area contributed by atoms with E-state index < -0.39 is 0 Å². The normalized spacial score (nSPS) is 18.9. The zero-order chi connectivity index (χ0) is 13.1. The Kier molecular flexibility index (Phi) is 3.75. The second-order valence-electron chi connectivity index (χ2n) is 5.01. The van der Waals surface area contributed by atoms with Crippen LogP contribution in [0.4, 0.5) is 5.69 Å². The van der Waals surface area contributed by atoms with E-state index in [1.807, 2.05) is 6.07 Å². The first-order chi connectivity index (χ1) is 9.36. The molecule has 19 heavy (non-hydrogen) atoms. The summed E-state index contributed by atoms with van der Waals surface area (Å²) in [4.78, 5) is 4.89. The van der Waals surface area contributed by atoms with E-state index in [1.165, 1.54) is 5.69 Å². The summed E-state index contributed by atoms with van der Waals surface area (Å²) < 4.78 is 10.8. The van der Waals surface area contributed by atoms with Crippen LogP contribution in [0.2, 0.25) is 0 Å². The molecule has 1 aromatic carbocycles. The highest BCUT2D eigenvalue weighted by molar-refractivity contribution is 5.57. The largest absolute Gasteiger partial charge is 0.454 e. The molecule has 104 valence electrons. The van der Waals surface area contributed by atoms with E-state index in [1.54, 1.807) is 0 Å². The topological polar surface area (TPSA) is 51.0 Å². The molecule has 1 fully saturated rings. The summed E-state index contributed by atoms with van der Waals surface area (Å²) in [5.74, 6) is 1.72. The van der Waals surface area contributed by atoms with E-state index in [0.717, 1.165) is 57.2 Å². The molecule has 0 amide bonds. The Morgan fingerprint density at radius 3 is 2.63 bits per heavy atom. The van der Waals surface area contributed by atoms with E-state index in [9.17, 15) is 0 Å². The summed E-state index contributed by atoms with van der Waals surface area (Å²) in [5, 5.41) is 0. The van der Waals surface area contributed by atoms with Crippen LogP contribution in [0.1, 0.15) is 6.42 Å². The number of fused-ring (bicyclic) bond motifs is 1. The number of rotatable bonds is 4. The lowest BCUT2D eigenvalue weighted by Gasteiger charge is -2.36. The molecule has 0 spiro atoms. The number of hydrogen-bond donors (Lipinski definition) is 1. The predicted octanol–water partition coefficient (Wildman–Crippen LogP) is 0.886. The monoisotopic (exact) mass is 263 g/mol. The van der Waals surface area contributed by atoms with Crippen LogP contribution in [0.5, 0.6) is 11.5 Å². The predicted molar refractivity (Wildman–Crippen MR) is 74.9 cm³/mol. The fraction of sp³-hybridized carbons (Fsp3) is 0.571. The standard InChI is InChI=1S/C14H21N3O2/c15-4-1-5-16-6-8-17(9-7-16)12-2-3-13-14(10-12)19-11-18-13/h2-3,10H,1,4-9,11,15H2. The fourth-order valence-electron chi connectivity index (χ4n) is 2.63. The molecule has 1 saturated heterocycles. The van der Waals surface area contributed by atoms with Gasteiger partial charge in [0, 0.05) is 37.9 Å². The fourth-order valence-corrected chi connectivity index (χ4v) is 2.63. The molecule has 0 bridgehead atoms. The number of anilines is 1. The Morgan fingerprint density at radius 1 is 1.05 bits per heavy atom. The average Bonchev–Trinajstić information content (AvgIpc) is 2.93. The third-order valence-electron chi connectivity index (χ3n) is 3.77. The molecule has 0 saturated carbocycles. The summed E-state index contributed by atoms with van der Waals surface area (Å²) >= 11 is 0. The zero-order valence-electron chi connectivity index (χ0n) is 11.2. The number of nitrogens with zero attached hydrogens (tertiary/aromatic N) is 2. The Labute approximate surface area is 113 Å². The quantitative estimate of drug-likeness (QED) is 0.874. The third kappa shape index (κ3) is 2.77. The van der Waals surface area contributed by atoms with Crippen molar-refractivity contribution in [3.05, 3.63) is 18.2 Å². The Morgan fingerprint density at radius 2 is 1.84 bits per heavy atom. The molecule has 0 atom stereocenters. The van der Waals surface area contributed by atoms with Crippen LogP contribution in [0.3, 0.4) is 0 Å².